The van der Waals surface area contributed by atoms with Crippen LogP contribution in [0.3, 0.4) is 0 Å². The molecule has 0 bridgehead atoms. The van der Waals surface area contributed by atoms with E-state index in [0.29, 0.717) is 6.61 Å². The molecule has 14 heavy (non-hydrogen) atoms. The van der Waals surface area contributed by atoms with E-state index in [4.69, 9.17) is 4.74 Å². The molecule has 1 aromatic rings. The predicted octanol–water partition coefficient (Wildman–Crippen LogP) is 2.16. The zero-order chi connectivity index (χ0) is 10.2. The van der Waals surface area contributed by atoms with Crippen molar-refractivity contribution in [1.29, 1.82) is 0 Å². The van der Waals surface area contributed by atoms with Gasteiger partial charge in [-0.2, -0.15) is 0 Å². The van der Waals surface area contributed by atoms with Crippen molar-refractivity contribution in [1.82, 2.24) is 4.98 Å². The van der Waals surface area contributed by atoms with Crippen LogP contribution in [0, 0.1) is 0 Å². The standard InChI is InChI=1S/C11H14N2O/c1-11(2,3)13-10-9-6-12-5-4-8(9)7-14-10/h4-6H,7H2,1-3H3. The number of aromatic nitrogens is 1. The topological polar surface area (TPSA) is 34.5 Å². The van der Waals surface area contributed by atoms with E-state index in [0.717, 1.165) is 11.5 Å². The fourth-order valence-corrected chi connectivity index (χ4v) is 1.36. The van der Waals surface area contributed by atoms with Gasteiger partial charge < -0.3 is 4.74 Å². The number of hydrogen-bond acceptors (Lipinski definition) is 3. The Morgan fingerprint density at radius 2 is 2.21 bits per heavy atom. The highest BCUT2D eigenvalue weighted by Crippen LogP contribution is 2.21. The van der Waals surface area contributed by atoms with Crippen LogP contribution in [0.2, 0.25) is 0 Å². The second-order valence-corrected chi connectivity index (χ2v) is 4.41. The van der Waals surface area contributed by atoms with E-state index < -0.39 is 0 Å². The fourth-order valence-electron chi connectivity index (χ4n) is 1.36. The van der Waals surface area contributed by atoms with Crippen LogP contribution in [-0.4, -0.2) is 16.4 Å². The molecule has 2 rings (SSSR count). The minimum Gasteiger partial charge on any atom is -0.473 e. The third-order valence-electron chi connectivity index (χ3n) is 1.94. The Hall–Kier alpha value is -1.38. The molecule has 1 aliphatic heterocycles. The third-order valence-corrected chi connectivity index (χ3v) is 1.94. The van der Waals surface area contributed by atoms with Crippen LogP contribution in [0.1, 0.15) is 31.9 Å². The average molecular weight is 190 g/mol. The Morgan fingerprint density at radius 1 is 1.43 bits per heavy atom. The molecule has 0 unspecified atom stereocenters. The quantitative estimate of drug-likeness (QED) is 0.628. The van der Waals surface area contributed by atoms with Crippen LogP contribution in [0.5, 0.6) is 0 Å². The minimum absolute atomic E-state index is 0.104. The Bertz CT molecular complexity index is 377. The van der Waals surface area contributed by atoms with Crippen LogP contribution in [0.15, 0.2) is 23.5 Å². The number of nitrogens with zero attached hydrogens (tertiary/aromatic N) is 2. The molecule has 3 heteroatoms. The summed E-state index contributed by atoms with van der Waals surface area (Å²) in [4.78, 5) is 8.58. The molecule has 3 nitrogen and oxygen atoms in total. The second-order valence-electron chi connectivity index (χ2n) is 4.41. The highest BCUT2D eigenvalue weighted by Gasteiger charge is 2.21. The van der Waals surface area contributed by atoms with E-state index in [9.17, 15) is 0 Å². The second kappa shape index (κ2) is 3.08. The first-order valence-corrected chi connectivity index (χ1v) is 4.72. The van der Waals surface area contributed by atoms with Crippen molar-refractivity contribution in [3.8, 4) is 0 Å². The molecule has 74 valence electrons. The summed E-state index contributed by atoms with van der Waals surface area (Å²) < 4.78 is 5.51. The van der Waals surface area contributed by atoms with Gasteiger partial charge in [-0.25, -0.2) is 4.99 Å². The summed E-state index contributed by atoms with van der Waals surface area (Å²) in [6, 6.07) is 1.97. The maximum Gasteiger partial charge on any atom is 0.218 e. The van der Waals surface area contributed by atoms with Gasteiger partial charge in [0.25, 0.3) is 0 Å². The summed E-state index contributed by atoms with van der Waals surface area (Å²) in [5.74, 6) is 0.723. The molecule has 0 aromatic carbocycles. The first-order chi connectivity index (χ1) is 6.56. The molecular weight excluding hydrogens is 176 g/mol. The van der Waals surface area contributed by atoms with Gasteiger partial charge in [0.1, 0.15) is 6.61 Å². The van der Waals surface area contributed by atoms with E-state index >= 15 is 0 Å². The smallest absolute Gasteiger partial charge is 0.218 e. The van der Waals surface area contributed by atoms with E-state index in [1.165, 1.54) is 5.56 Å². The van der Waals surface area contributed by atoms with Crippen molar-refractivity contribution in [3.05, 3.63) is 29.6 Å². The molecule has 0 spiro atoms. The maximum atomic E-state index is 5.51. The lowest BCUT2D eigenvalue weighted by Gasteiger charge is -2.12. The molecule has 0 N–H and O–H groups in total. The van der Waals surface area contributed by atoms with Gasteiger partial charge in [-0.1, -0.05) is 0 Å². The van der Waals surface area contributed by atoms with Crippen LogP contribution >= 0.6 is 0 Å². The lowest BCUT2D eigenvalue weighted by molar-refractivity contribution is 0.307. The van der Waals surface area contributed by atoms with Crippen LogP contribution in [0.4, 0.5) is 0 Å². The molecule has 0 saturated carbocycles. The molecule has 0 saturated heterocycles. The molecule has 0 fully saturated rings. The summed E-state index contributed by atoms with van der Waals surface area (Å²) in [6.45, 7) is 6.78. The van der Waals surface area contributed by atoms with Crippen LogP contribution < -0.4 is 0 Å². The first-order valence-electron chi connectivity index (χ1n) is 4.72. The Labute approximate surface area is 83.8 Å². The van der Waals surface area contributed by atoms with Gasteiger partial charge in [-0.15, -0.1) is 0 Å². The first kappa shape index (κ1) is 9.19. The highest BCUT2D eigenvalue weighted by molar-refractivity contribution is 5.97. The summed E-state index contributed by atoms with van der Waals surface area (Å²) in [5, 5.41) is 0. The summed E-state index contributed by atoms with van der Waals surface area (Å²) in [5.41, 5.74) is 2.10. The molecule has 1 aliphatic rings. The fraction of sp³-hybridized carbons (Fsp3) is 0.455. The number of aliphatic imine (C=N–C) groups is 1. The largest absolute Gasteiger partial charge is 0.473 e. The number of fused-ring (bicyclic) bond motifs is 1. The minimum atomic E-state index is -0.104. The SMILES string of the molecule is CC(C)(C)N=C1OCc2ccncc21. The van der Waals surface area contributed by atoms with Crippen molar-refractivity contribution >= 4 is 5.90 Å². The predicted molar refractivity (Wildman–Crippen MR) is 55.3 cm³/mol. The summed E-state index contributed by atoms with van der Waals surface area (Å²) >= 11 is 0. The zero-order valence-corrected chi connectivity index (χ0v) is 8.74. The number of hydrogen-bond donors (Lipinski definition) is 0. The molecular formula is C11H14N2O. The van der Waals surface area contributed by atoms with Gasteiger partial charge in [0.2, 0.25) is 5.90 Å². The maximum absolute atomic E-state index is 5.51. The van der Waals surface area contributed by atoms with Gasteiger partial charge >= 0.3 is 0 Å². The van der Waals surface area contributed by atoms with E-state index in [2.05, 4.69) is 30.7 Å². The van der Waals surface area contributed by atoms with Crippen LogP contribution in [0.25, 0.3) is 0 Å². The van der Waals surface area contributed by atoms with Crippen molar-refractivity contribution in [3.63, 3.8) is 0 Å². The molecule has 0 aliphatic carbocycles. The lowest BCUT2D eigenvalue weighted by atomic mass is 10.1. The van der Waals surface area contributed by atoms with Crippen LogP contribution in [-0.2, 0) is 11.3 Å². The van der Waals surface area contributed by atoms with Gasteiger partial charge in [-0.3, -0.25) is 4.98 Å². The summed E-state index contributed by atoms with van der Waals surface area (Å²) in [6.07, 6.45) is 3.59. The van der Waals surface area contributed by atoms with Crippen molar-refractivity contribution in [2.75, 3.05) is 0 Å². The Balaban J connectivity index is 2.40. The highest BCUT2D eigenvalue weighted by atomic mass is 16.5. The average Bonchev–Trinajstić information content (AvgIpc) is 2.47. The van der Waals surface area contributed by atoms with Gasteiger partial charge in [0.05, 0.1) is 11.1 Å². The molecule has 1 aromatic heterocycles. The van der Waals surface area contributed by atoms with Crippen molar-refractivity contribution < 1.29 is 4.74 Å². The molecule has 0 amide bonds. The van der Waals surface area contributed by atoms with E-state index in [-0.39, 0.29) is 5.54 Å². The normalized spacial score (nSPS) is 18.1. The molecule has 2 heterocycles. The molecule has 0 atom stereocenters. The van der Waals surface area contributed by atoms with Gasteiger partial charge in [0.15, 0.2) is 0 Å². The van der Waals surface area contributed by atoms with Crippen molar-refractivity contribution in [2.24, 2.45) is 4.99 Å². The zero-order valence-electron chi connectivity index (χ0n) is 8.74. The number of ether oxygens (including phenoxy) is 1. The molecule has 0 radical (unpaired) electrons. The number of rotatable bonds is 0. The van der Waals surface area contributed by atoms with Crippen molar-refractivity contribution in [2.45, 2.75) is 32.9 Å². The number of pyridine rings is 1. The van der Waals surface area contributed by atoms with E-state index in [1.807, 2.05) is 12.3 Å². The van der Waals surface area contributed by atoms with Gasteiger partial charge in [0, 0.05) is 18.0 Å². The Morgan fingerprint density at radius 3 is 2.93 bits per heavy atom. The third kappa shape index (κ3) is 1.76. The monoisotopic (exact) mass is 190 g/mol. The van der Waals surface area contributed by atoms with E-state index in [1.54, 1.807) is 6.20 Å². The van der Waals surface area contributed by atoms with Gasteiger partial charge in [-0.05, 0) is 26.8 Å². The summed E-state index contributed by atoms with van der Waals surface area (Å²) in [7, 11) is 0. The lowest BCUT2D eigenvalue weighted by Crippen LogP contribution is -2.14. The Kier molecular flexibility index (Phi) is 2.02.